The van der Waals surface area contributed by atoms with Crippen LogP contribution in [0.4, 0.5) is 20.2 Å². The van der Waals surface area contributed by atoms with Gasteiger partial charge in [-0.15, -0.1) is 0 Å². The van der Waals surface area contributed by atoms with Gasteiger partial charge in [-0.3, -0.25) is 9.52 Å². The zero-order valence-electron chi connectivity index (χ0n) is 14.1. The molecule has 0 aliphatic carbocycles. The highest BCUT2D eigenvalue weighted by atomic mass is 32.2. The molecular weight excluding hydrogens is 362 g/mol. The standard InChI is InChI=1S/C18H18F2N2O3S/c1-12-5-7-14(11-16(12)22-9-3-2-4-18(22)23)21-26(24,25)17-8-6-13(19)10-15(17)20/h5-8,10-11,21H,2-4,9H2,1H3. The molecule has 1 aliphatic heterocycles. The van der Waals surface area contributed by atoms with Crippen LogP contribution in [0.25, 0.3) is 0 Å². The number of hydrogen-bond donors (Lipinski definition) is 1. The minimum Gasteiger partial charge on any atom is -0.312 e. The van der Waals surface area contributed by atoms with Crippen LogP contribution in [-0.4, -0.2) is 20.9 Å². The Morgan fingerprint density at radius 3 is 2.54 bits per heavy atom. The second-order valence-corrected chi connectivity index (χ2v) is 7.83. The van der Waals surface area contributed by atoms with Crippen molar-refractivity contribution in [2.45, 2.75) is 31.1 Å². The number of sulfonamides is 1. The van der Waals surface area contributed by atoms with Crippen LogP contribution in [0.2, 0.25) is 0 Å². The second kappa shape index (κ2) is 7.03. The number of hydrogen-bond acceptors (Lipinski definition) is 3. The summed E-state index contributed by atoms with van der Waals surface area (Å²) in [7, 11) is -4.23. The van der Waals surface area contributed by atoms with Gasteiger partial charge in [0.1, 0.15) is 16.5 Å². The van der Waals surface area contributed by atoms with E-state index in [1.54, 1.807) is 17.0 Å². The van der Waals surface area contributed by atoms with Crippen molar-refractivity contribution in [3.63, 3.8) is 0 Å². The van der Waals surface area contributed by atoms with Gasteiger partial charge in [0.15, 0.2) is 0 Å². The fourth-order valence-corrected chi connectivity index (χ4v) is 4.04. The molecule has 1 heterocycles. The highest BCUT2D eigenvalue weighted by Gasteiger charge is 2.23. The third kappa shape index (κ3) is 3.70. The molecule has 0 radical (unpaired) electrons. The maximum absolute atomic E-state index is 13.8. The van der Waals surface area contributed by atoms with Gasteiger partial charge < -0.3 is 4.90 Å². The summed E-state index contributed by atoms with van der Waals surface area (Å²) >= 11 is 0. The van der Waals surface area contributed by atoms with E-state index in [1.807, 2.05) is 6.92 Å². The van der Waals surface area contributed by atoms with Crippen molar-refractivity contribution < 1.29 is 22.0 Å². The van der Waals surface area contributed by atoms with Crippen molar-refractivity contribution in [3.8, 4) is 0 Å². The van der Waals surface area contributed by atoms with E-state index in [-0.39, 0.29) is 11.6 Å². The molecule has 138 valence electrons. The number of benzene rings is 2. The van der Waals surface area contributed by atoms with E-state index < -0.39 is 26.6 Å². The van der Waals surface area contributed by atoms with Gasteiger partial charge in [-0.05, 0) is 49.6 Å². The van der Waals surface area contributed by atoms with E-state index in [4.69, 9.17) is 0 Å². The molecule has 1 amide bonds. The number of carbonyl (C=O) groups is 1. The Kier molecular flexibility index (Phi) is 4.95. The Balaban J connectivity index is 1.92. The van der Waals surface area contributed by atoms with Crippen molar-refractivity contribution in [3.05, 3.63) is 53.6 Å². The van der Waals surface area contributed by atoms with Crippen molar-refractivity contribution in [2.24, 2.45) is 0 Å². The first-order valence-corrected chi connectivity index (χ1v) is 9.65. The van der Waals surface area contributed by atoms with Gasteiger partial charge in [0, 0.05) is 24.7 Å². The van der Waals surface area contributed by atoms with Gasteiger partial charge in [-0.2, -0.15) is 0 Å². The van der Waals surface area contributed by atoms with Gasteiger partial charge in [0.25, 0.3) is 10.0 Å². The van der Waals surface area contributed by atoms with Crippen molar-refractivity contribution >= 4 is 27.3 Å². The van der Waals surface area contributed by atoms with Gasteiger partial charge in [0.2, 0.25) is 5.91 Å². The second-order valence-electron chi connectivity index (χ2n) is 6.18. The van der Waals surface area contributed by atoms with E-state index in [9.17, 15) is 22.0 Å². The van der Waals surface area contributed by atoms with E-state index in [0.29, 0.717) is 24.7 Å². The van der Waals surface area contributed by atoms with Crippen molar-refractivity contribution in [2.75, 3.05) is 16.2 Å². The van der Waals surface area contributed by atoms with E-state index >= 15 is 0 Å². The third-order valence-electron chi connectivity index (χ3n) is 4.26. The summed E-state index contributed by atoms with van der Waals surface area (Å²) in [5, 5.41) is 0. The number of rotatable bonds is 4. The molecule has 0 spiro atoms. The Bertz CT molecular complexity index is 961. The molecule has 2 aromatic carbocycles. The Morgan fingerprint density at radius 2 is 1.85 bits per heavy atom. The zero-order valence-corrected chi connectivity index (χ0v) is 14.9. The maximum Gasteiger partial charge on any atom is 0.264 e. The monoisotopic (exact) mass is 380 g/mol. The third-order valence-corrected chi connectivity index (χ3v) is 5.67. The molecule has 2 aromatic rings. The Labute approximate surface area is 150 Å². The maximum atomic E-state index is 13.8. The normalized spacial score (nSPS) is 15.2. The average molecular weight is 380 g/mol. The lowest BCUT2D eigenvalue weighted by atomic mass is 10.1. The minimum atomic E-state index is -4.23. The SMILES string of the molecule is Cc1ccc(NS(=O)(=O)c2ccc(F)cc2F)cc1N1CCCCC1=O. The van der Waals surface area contributed by atoms with E-state index in [0.717, 1.165) is 30.5 Å². The van der Waals surface area contributed by atoms with Crippen LogP contribution in [0.5, 0.6) is 0 Å². The zero-order chi connectivity index (χ0) is 18.9. The molecule has 1 fully saturated rings. The molecule has 8 heteroatoms. The summed E-state index contributed by atoms with van der Waals surface area (Å²) in [4.78, 5) is 13.1. The lowest BCUT2D eigenvalue weighted by molar-refractivity contribution is -0.119. The first kappa shape index (κ1) is 18.3. The molecule has 3 rings (SSSR count). The predicted molar refractivity (Wildman–Crippen MR) is 94.5 cm³/mol. The minimum absolute atomic E-state index is 0.0102. The largest absolute Gasteiger partial charge is 0.312 e. The summed E-state index contributed by atoms with van der Waals surface area (Å²) in [5.41, 5.74) is 1.65. The number of amides is 1. The van der Waals surface area contributed by atoms with Crippen molar-refractivity contribution in [1.29, 1.82) is 0 Å². The van der Waals surface area contributed by atoms with Crippen LogP contribution in [0.3, 0.4) is 0 Å². The summed E-state index contributed by atoms with van der Waals surface area (Å²) in [6.07, 6.45) is 2.17. The lowest BCUT2D eigenvalue weighted by Gasteiger charge is -2.28. The number of piperidine rings is 1. The molecular formula is C18H18F2N2O3S. The molecule has 26 heavy (non-hydrogen) atoms. The van der Waals surface area contributed by atoms with Crippen LogP contribution < -0.4 is 9.62 Å². The number of halogens is 2. The Hall–Kier alpha value is -2.48. The van der Waals surface area contributed by atoms with Crippen molar-refractivity contribution in [1.82, 2.24) is 0 Å². The van der Waals surface area contributed by atoms with E-state index in [1.165, 1.54) is 6.07 Å². The topological polar surface area (TPSA) is 66.5 Å². The molecule has 0 bridgehead atoms. The van der Waals surface area contributed by atoms with Crippen LogP contribution in [0.15, 0.2) is 41.3 Å². The number of nitrogens with zero attached hydrogens (tertiary/aromatic N) is 1. The van der Waals surface area contributed by atoms with Gasteiger partial charge in [0.05, 0.1) is 5.69 Å². The fourth-order valence-electron chi connectivity index (χ4n) is 2.93. The van der Waals surface area contributed by atoms with Crippen LogP contribution in [0.1, 0.15) is 24.8 Å². The fraction of sp³-hybridized carbons (Fsp3) is 0.278. The van der Waals surface area contributed by atoms with Gasteiger partial charge in [-0.1, -0.05) is 6.07 Å². The molecule has 1 aliphatic rings. The lowest BCUT2D eigenvalue weighted by Crippen LogP contribution is -2.35. The molecule has 5 nitrogen and oxygen atoms in total. The smallest absolute Gasteiger partial charge is 0.264 e. The average Bonchev–Trinajstić information content (AvgIpc) is 2.56. The highest BCUT2D eigenvalue weighted by molar-refractivity contribution is 7.92. The number of anilines is 2. The number of carbonyl (C=O) groups excluding carboxylic acids is 1. The first-order chi connectivity index (χ1) is 12.3. The van der Waals surface area contributed by atoms with Gasteiger partial charge in [-0.25, -0.2) is 17.2 Å². The van der Waals surface area contributed by atoms with Crippen LogP contribution in [-0.2, 0) is 14.8 Å². The molecule has 0 unspecified atom stereocenters. The number of nitrogens with one attached hydrogen (secondary N) is 1. The molecule has 0 saturated carbocycles. The summed E-state index contributed by atoms with van der Waals surface area (Å²) in [5.74, 6) is -2.04. The number of aryl methyl sites for hydroxylation is 1. The van der Waals surface area contributed by atoms with Gasteiger partial charge >= 0.3 is 0 Å². The molecule has 1 saturated heterocycles. The Morgan fingerprint density at radius 1 is 1.08 bits per heavy atom. The quantitative estimate of drug-likeness (QED) is 0.882. The molecule has 1 N–H and O–H groups in total. The predicted octanol–water partition coefficient (Wildman–Crippen LogP) is 3.59. The summed E-state index contributed by atoms with van der Waals surface area (Å²) in [6, 6.07) is 7.04. The highest BCUT2D eigenvalue weighted by Crippen LogP contribution is 2.29. The van der Waals surface area contributed by atoms with Crippen LogP contribution >= 0.6 is 0 Å². The molecule has 0 atom stereocenters. The molecule has 0 aromatic heterocycles. The summed E-state index contributed by atoms with van der Waals surface area (Å²) < 4.78 is 54.0. The first-order valence-electron chi connectivity index (χ1n) is 8.17. The van der Waals surface area contributed by atoms with E-state index in [2.05, 4.69) is 4.72 Å². The summed E-state index contributed by atoms with van der Waals surface area (Å²) in [6.45, 7) is 2.40. The van der Waals surface area contributed by atoms with Crippen LogP contribution in [0, 0.1) is 18.6 Å².